The van der Waals surface area contributed by atoms with E-state index in [0.29, 0.717) is 4.91 Å². The third-order valence-electron chi connectivity index (χ3n) is 1.61. The first kappa shape index (κ1) is 10.9. The van der Waals surface area contributed by atoms with Crippen molar-refractivity contribution in [1.82, 2.24) is 0 Å². The standard InChI is InChI=1S/C11H12O2S/c1-8(2)10(11(12)13)14-9-6-4-3-5-7-9/h3-7H,1-2H3,(H,12,13). The summed E-state index contributed by atoms with van der Waals surface area (Å²) in [5.41, 5.74) is 0.825. The van der Waals surface area contributed by atoms with Crippen LogP contribution >= 0.6 is 11.8 Å². The molecule has 1 aromatic carbocycles. The van der Waals surface area contributed by atoms with Gasteiger partial charge in [0.1, 0.15) is 0 Å². The largest absolute Gasteiger partial charge is 0.477 e. The average Bonchev–Trinajstić information content (AvgIpc) is 2.15. The number of hydrogen-bond donors (Lipinski definition) is 1. The summed E-state index contributed by atoms with van der Waals surface area (Å²) in [4.78, 5) is 12.2. The van der Waals surface area contributed by atoms with Crippen molar-refractivity contribution in [3.8, 4) is 0 Å². The van der Waals surface area contributed by atoms with E-state index in [9.17, 15) is 4.79 Å². The molecule has 0 aliphatic heterocycles. The SMILES string of the molecule is CC(C)=C(Sc1ccccc1)C(=O)O. The molecular formula is C11H12O2S. The molecule has 1 aromatic rings. The number of thioether (sulfide) groups is 1. The lowest BCUT2D eigenvalue weighted by Crippen LogP contribution is -1.98. The van der Waals surface area contributed by atoms with Gasteiger partial charge < -0.3 is 5.11 Å². The van der Waals surface area contributed by atoms with Gasteiger partial charge in [-0.1, -0.05) is 35.5 Å². The molecule has 0 amide bonds. The average molecular weight is 208 g/mol. The van der Waals surface area contributed by atoms with E-state index < -0.39 is 5.97 Å². The minimum absolute atomic E-state index is 0.399. The van der Waals surface area contributed by atoms with E-state index in [2.05, 4.69) is 0 Å². The molecule has 0 aromatic heterocycles. The summed E-state index contributed by atoms with van der Waals surface area (Å²) in [5, 5.41) is 8.93. The Morgan fingerprint density at radius 3 is 2.21 bits per heavy atom. The predicted octanol–water partition coefficient (Wildman–Crippen LogP) is 3.16. The molecule has 0 saturated heterocycles. The summed E-state index contributed by atoms with van der Waals surface area (Å²) in [5.74, 6) is -0.862. The Balaban J connectivity index is 2.87. The number of carboxylic acids is 1. The van der Waals surface area contributed by atoms with E-state index in [0.717, 1.165) is 10.5 Å². The summed E-state index contributed by atoms with van der Waals surface area (Å²) in [6.07, 6.45) is 0. The molecule has 0 fully saturated rings. The van der Waals surface area contributed by atoms with Crippen LogP contribution < -0.4 is 0 Å². The van der Waals surface area contributed by atoms with Gasteiger partial charge in [-0.2, -0.15) is 0 Å². The molecule has 0 saturated carbocycles. The number of carbonyl (C=O) groups is 1. The third kappa shape index (κ3) is 2.92. The summed E-state index contributed by atoms with van der Waals surface area (Å²) in [6.45, 7) is 3.61. The molecule has 0 unspecified atom stereocenters. The number of rotatable bonds is 3. The van der Waals surface area contributed by atoms with Crippen LogP contribution in [0.5, 0.6) is 0 Å². The molecule has 2 nitrogen and oxygen atoms in total. The second-order valence-corrected chi connectivity index (χ2v) is 4.13. The molecule has 74 valence electrons. The fourth-order valence-electron chi connectivity index (χ4n) is 0.966. The molecule has 0 heterocycles. The first-order chi connectivity index (χ1) is 6.61. The van der Waals surface area contributed by atoms with Gasteiger partial charge in [0.2, 0.25) is 0 Å². The second-order valence-electron chi connectivity index (χ2n) is 3.05. The van der Waals surface area contributed by atoms with Gasteiger partial charge in [-0.15, -0.1) is 0 Å². The lowest BCUT2D eigenvalue weighted by atomic mass is 10.3. The minimum atomic E-state index is -0.862. The molecule has 0 aliphatic carbocycles. The van der Waals surface area contributed by atoms with E-state index >= 15 is 0 Å². The number of benzene rings is 1. The Labute approximate surface area is 87.6 Å². The first-order valence-electron chi connectivity index (χ1n) is 4.25. The van der Waals surface area contributed by atoms with Crippen LogP contribution in [0.4, 0.5) is 0 Å². The summed E-state index contributed by atoms with van der Waals surface area (Å²) >= 11 is 1.28. The van der Waals surface area contributed by atoms with E-state index in [1.165, 1.54) is 11.8 Å². The van der Waals surface area contributed by atoms with Crippen LogP contribution in [-0.4, -0.2) is 11.1 Å². The molecule has 0 atom stereocenters. The lowest BCUT2D eigenvalue weighted by molar-refractivity contribution is -0.131. The van der Waals surface area contributed by atoms with Crippen molar-refractivity contribution in [3.63, 3.8) is 0 Å². The molecule has 1 N–H and O–H groups in total. The fraction of sp³-hybridized carbons (Fsp3) is 0.182. The summed E-state index contributed by atoms with van der Waals surface area (Å²) < 4.78 is 0. The minimum Gasteiger partial charge on any atom is -0.477 e. The fourth-order valence-corrected chi connectivity index (χ4v) is 1.79. The Morgan fingerprint density at radius 2 is 1.79 bits per heavy atom. The Kier molecular flexibility index (Phi) is 3.77. The predicted molar refractivity (Wildman–Crippen MR) is 58.3 cm³/mol. The van der Waals surface area contributed by atoms with Gasteiger partial charge in [0.05, 0.1) is 4.91 Å². The molecular weight excluding hydrogens is 196 g/mol. The Morgan fingerprint density at radius 1 is 1.21 bits per heavy atom. The molecule has 0 spiro atoms. The van der Waals surface area contributed by atoms with E-state index in [-0.39, 0.29) is 0 Å². The van der Waals surface area contributed by atoms with Crippen molar-refractivity contribution in [2.24, 2.45) is 0 Å². The number of carboxylic acid groups (broad SMARTS) is 1. The van der Waals surface area contributed by atoms with Gasteiger partial charge >= 0.3 is 5.97 Å². The zero-order valence-electron chi connectivity index (χ0n) is 8.15. The van der Waals surface area contributed by atoms with Crippen LogP contribution in [0.25, 0.3) is 0 Å². The highest BCUT2D eigenvalue weighted by atomic mass is 32.2. The van der Waals surface area contributed by atoms with Crippen LogP contribution in [0, 0.1) is 0 Å². The van der Waals surface area contributed by atoms with Gasteiger partial charge in [-0.25, -0.2) is 4.79 Å². The van der Waals surface area contributed by atoms with Crippen LogP contribution in [0.3, 0.4) is 0 Å². The molecule has 0 radical (unpaired) electrons. The van der Waals surface area contributed by atoms with E-state index in [4.69, 9.17) is 5.11 Å². The van der Waals surface area contributed by atoms with Crippen molar-refractivity contribution in [2.75, 3.05) is 0 Å². The maximum absolute atomic E-state index is 10.9. The normalized spacial score (nSPS) is 9.57. The number of aliphatic carboxylic acids is 1. The van der Waals surface area contributed by atoms with Gasteiger partial charge in [0, 0.05) is 4.90 Å². The van der Waals surface area contributed by atoms with Gasteiger partial charge in [0.15, 0.2) is 0 Å². The Hall–Kier alpha value is -1.22. The highest BCUT2D eigenvalue weighted by Gasteiger charge is 2.10. The maximum Gasteiger partial charge on any atom is 0.342 e. The second kappa shape index (κ2) is 4.86. The molecule has 1 rings (SSSR count). The van der Waals surface area contributed by atoms with Crippen LogP contribution in [0.15, 0.2) is 45.7 Å². The molecule has 14 heavy (non-hydrogen) atoms. The highest BCUT2D eigenvalue weighted by molar-refractivity contribution is 8.04. The van der Waals surface area contributed by atoms with Gasteiger partial charge in [-0.05, 0) is 26.0 Å². The molecule has 3 heteroatoms. The van der Waals surface area contributed by atoms with Crippen LogP contribution in [-0.2, 0) is 4.79 Å². The Bertz CT molecular complexity index is 351. The number of hydrogen-bond acceptors (Lipinski definition) is 2. The maximum atomic E-state index is 10.9. The van der Waals surface area contributed by atoms with Crippen molar-refractivity contribution in [2.45, 2.75) is 18.7 Å². The third-order valence-corrected chi connectivity index (χ3v) is 2.91. The zero-order valence-corrected chi connectivity index (χ0v) is 8.97. The quantitative estimate of drug-likeness (QED) is 0.612. The van der Waals surface area contributed by atoms with Crippen molar-refractivity contribution in [1.29, 1.82) is 0 Å². The number of allylic oxidation sites excluding steroid dienone is 1. The summed E-state index contributed by atoms with van der Waals surface area (Å²) in [6, 6.07) is 9.50. The molecule has 0 aliphatic rings. The molecule has 0 bridgehead atoms. The topological polar surface area (TPSA) is 37.3 Å². The lowest BCUT2D eigenvalue weighted by Gasteiger charge is -2.03. The van der Waals surface area contributed by atoms with Crippen molar-refractivity contribution < 1.29 is 9.90 Å². The first-order valence-corrected chi connectivity index (χ1v) is 5.06. The smallest absolute Gasteiger partial charge is 0.342 e. The zero-order chi connectivity index (χ0) is 10.6. The van der Waals surface area contributed by atoms with Crippen molar-refractivity contribution >= 4 is 17.7 Å². The van der Waals surface area contributed by atoms with Crippen molar-refractivity contribution in [3.05, 3.63) is 40.8 Å². The van der Waals surface area contributed by atoms with Crippen LogP contribution in [0.2, 0.25) is 0 Å². The van der Waals surface area contributed by atoms with E-state index in [1.54, 1.807) is 13.8 Å². The van der Waals surface area contributed by atoms with Crippen LogP contribution in [0.1, 0.15) is 13.8 Å². The van der Waals surface area contributed by atoms with E-state index in [1.807, 2.05) is 30.3 Å². The highest BCUT2D eigenvalue weighted by Crippen LogP contribution is 2.28. The monoisotopic (exact) mass is 208 g/mol. The van der Waals surface area contributed by atoms with Gasteiger partial charge in [-0.3, -0.25) is 0 Å². The summed E-state index contributed by atoms with van der Waals surface area (Å²) in [7, 11) is 0. The van der Waals surface area contributed by atoms with Gasteiger partial charge in [0.25, 0.3) is 0 Å².